The van der Waals surface area contributed by atoms with Crippen molar-refractivity contribution in [1.82, 2.24) is 5.32 Å². The Labute approximate surface area is 104 Å². The lowest BCUT2D eigenvalue weighted by Crippen LogP contribution is -2.33. The fourth-order valence-corrected chi connectivity index (χ4v) is 1.74. The molecule has 0 amide bonds. The van der Waals surface area contributed by atoms with Gasteiger partial charge in [0.1, 0.15) is 5.75 Å². The maximum atomic E-state index is 5.80. The van der Waals surface area contributed by atoms with Crippen molar-refractivity contribution in [2.24, 2.45) is 5.73 Å². The van der Waals surface area contributed by atoms with Crippen LogP contribution in [-0.2, 0) is 0 Å². The Morgan fingerprint density at radius 3 is 2.71 bits per heavy atom. The van der Waals surface area contributed by atoms with E-state index in [0.717, 1.165) is 18.8 Å². The van der Waals surface area contributed by atoms with E-state index in [1.807, 2.05) is 12.1 Å². The van der Waals surface area contributed by atoms with Gasteiger partial charge in [0.25, 0.3) is 0 Å². The van der Waals surface area contributed by atoms with Gasteiger partial charge < -0.3 is 15.8 Å². The molecule has 0 saturated heterocycles. The third-order valence-corrected chi connectivity index (χ3v) is 2.50. The van der Waals surface area contributed by atoms with E-state index in [-0.39, 0.29) is 6.04 Å². The Balaban J connectivity index is 2.73. The van der Waals surface area contributed by atoms with Crippen LogP contribution in [0.3, 0.4) is 0 Å². The summed E-state index contributed by atoms with van der Waals surface area (Å²) >= 11 is 0. The molecule has 0 saturated carbocycles. The molecule has 1 aromatic carbocycles. The Kier molecular flexibility index (Phi) is 6.01. The maximum Gasteiger partial charge on any atom is 0.119 e. The molecule has 3 nitrogen and oxygen atoms in total. The summed E-state index contributed by atoms with van der Waals surface area (Å²) in [5.41, 5.74) is 6.99. The lowest BCUT2D eigenvalue weighted by atomic mass is 10.1. The van der Waals surface area contributed by atoms with Gasteiger partial charge in [-0.05, 0) is 24.1 Å². The summed E-state index contributed by atoms with van der Waals surface area (Å²) in [6.07, 6.45) is 1.02. The quantitative estimate of drug-likeness (QED) is 0.764. The Hall–Kier alpha value is -1.06. The van der Waals surface area contributed by atoms with Crippen LogP contribution >= 0.6 is 0 Å². The molecule has 0 aliphatic rings. The molecule has 0 fully saturated rings. The van der Waals surface area contributed by atoms with E-state index in [0.29, 0.717) is 12.6 Å². The van der Waals surface area contributed by atoms with Crippen molar-refractivity contribution in [1.29, 1.82) is 0 Å². The zero-order valence-corrected chi connectivity index (χ0v) is 11.1. The van der Waals surface area contributed by atoms with Gasteiger partial charge in [0.2, 0.25) is 0 Å². The van der Waals surface area contributed by atoms with E-state index in [4.69, 9.17) is 10.5 Å². The molecular weight excluding hydrogens is 212 g/mol. The van der Waals surface area contributed by atoms with E-state index in [1.54, 1.807) is 0 Å². The Morgan fingerprint density at radius 1 is 1.35 bits per heavy atom. The van der Waals surface area contributed by atoms with Crippen LogP contribution in [-0.4, -0.2) is 19.2 Å². The minimum atomic E-state index is 0.195. The molecule has 96 valence electrons. The molecule has 3 N–H and O–H groups in total. The van der Waals surface area contributed by atoms with Gasteiger partial charge in [-0.15, -0.1) is 0 Å². The predicted molar refractivity (Wildman–Crippen MR) is 72.3 cm³/mol. The zero-order valence-electron chi connectivity index (χ0n) is 11.1. The highest BCUT2D eigenvalue weighted by atomic mass is 16.5. The second-order valence-corrected chi connectivity index (χ2v) is 4.53. The number of nitrogens with one attached hydrogen (secondary N) is 1. The van der Waals surface area contributed by atoms with Crippen molar-refractivity contribution in [3.63, 3.8) is 0 Å². The average molecular weight is 236 g/mol. The van der Waals surface area contributed by atoms with Crippen LogP contribution in [0.15, 0.2) is 24.3 Å². The lowest BCUT2D eigenvalue weighted by Gasteiger charge is -2.20. The van der Waals surface area contributed by atoms with Gasteiger partial charge in [-0.25, -0.2) is 0 Å². The van der Waals surface area contributed by atoms with E-state index < -0.39 is 0 Å². The molecule has 0 aromatic heterocycles. The normalized spacial score (nSPS) is 12.8. The van der Waals surface area contributed by atoms with Gasteiger partial charge in [0, 0.05) is 18.6 Å². The molecule has 0 spiro atoms. The minimum absolute atomic E-state index is 0.195. The van der Waals surface area contributed by atoms with Crippen molar-refractivity contribution < 1.29 is 4.74 Å². The summed E-state index contributed by atoms with van der Waals surface area (Å²) in [6, 6.07) is 8.78. The monoisotopic (exact) mass is 236 g/mol. The summed E-state index contributed by atoms with van der Waals surface area (Å²) in [4.78, 5) is 0. The first-order valence-electron chi connectivity index (χ1n) is 6.36. The van der Waals surface area contributed by atoms with Gasteiger partial charge >= 0.3 is 0 Å². The van der Waals surface area contributed by atoms with Crippen LogP contribution in [0.25, 0.3) is 0 Å². The molecule has 1 atom stereocenters. The summed E-state index contributed by atoms with van der Waals surface area (Å²) in [7, 11) is 0. The lowest BCUT2D eigenvalue weighted by molar-refractivity contribution is 0.316. The SMILES string of the molecule is CCCOc1cccc(C(CN)NC(C)C)c1. The van der Waals surface area contributed by atoms with E-state index >= 15 is 0 Å². The van der Waals surface area contributed by atoms with E-state index in [9.17, 15) is 0 Å². The minimum Gasteiger partial charge on any atom is -0.494 e. The number of benzene rings is 1. The van der Waals surface area contributed by atoms with Gasteiger partial charge in [-0.3, -0.25) is 0 Å². The second-order valence-electron chi connectivity index (χ2n) is 4.53. The molecule has 0 bridgehead atoms. The van der Waals surface area contributed by atoms with Crippen LogP contribution in [0.5, 0.6) is 5.75 Å². The van der Waals surface area contributed by atoms with Gasteiger partial charge in [-0.1, -0.05) is 32.9 Å². The second kappa shape index (κ2) is 7.30. The molecule has 1 rings (SSSR count). The van der Waals surface area contributed by atoms with Gasteiger partial charge in [0.15, 0.2) is 0 Å². The maximum absolute atomic E-state index is 5.80. The fourth-order valence-electron chi connectivity index (χ4n) is 1.74. The fraction of sp³-hybridized carbons (Fsp3) is 0.571. The number of hydrogen-bond donors (Lipinski definition) is 2. The van der Waals surface area contributed by atoms with Crippen molar-refractivity contribution >= 4 is 0 Å². The topological polar surface area (TPSA) is 47.3 Å². The average Bonchev–Trinajstić information content (AvgIpc) is 2.33. The van der Waals surface area contributed by atoms with Crippen LogP contribution in [0.1, 0.15) is 38.8 Å². The third-order valence-electron chi connectivity index (χ3n) is 2.50. The van der Waals surface area contributed by atoms with Crippen molar-refractivity contribution in [3.8, 4) is 5.75 Å². The van der Waals surface area contributed by atoms with Crippen molar-refractivity contribution in [2.75, 3.05) is 13.2 Å². The van der Waals surface area contributed by atoms with Crippen LogP contribution in [0, 0.1) is 0 Å². The third kappa shape index (κ3) is 4.75. The largest absolute Gasteiger partial charge is 0.494 e. The highest BCUT2D eigenvalue weighted by molar-refractivity contribution is 5.30. The van der Waals surface area contributed by atoms with Crippen LogP contribution in [0.2, 0.25) is 0 Å². The molecule has 1 aromatic rings. The predicted octanol–water partition coefficient (Wildman–Crippen LogP) is 2.47. The molecule has 3 heteroatoms. The number of hydrogen-bond acceptors (Lipinski definition) is 3. The zero-order chi connectivity index (χ0) is 12.7. The smallest absolute Gasteiger partial charge is 0.119 e. The van der Waals surface area contributed by atoms with Crippen molar-refractivity contribution in [2.45, 2.75) is 39.3 Å². The summed E-state index contributed by atoms with van der Waals surface area (Å²) in [5, 5.41) is 3.45. The van der Waals surface area contributed by atoms with E-state index in [2.05, 4.69) is 38.2 Å². The number of nitrogens with two attached hydrogens (primary N) is 1. The van der Waals surface area contributed by atoms with E-state index in [1.165, 1.54) is 5.56 Å². The standard InChI is InChI=1S/C14H24N2O/c1-4-8-17-13-7-5-6-12(9-13)14(10-15)16-11(2)3/h5-7,9,11,14,16H,4,8,10,15H2,1-3H3. The van der Waals surface area contributed by atoms with Crippen LogP contribution in [0.4, 0.5) is 0 Å². The molecule has 17 heavy (non-hydrogen) atoms. The van der Waals surface area contributed by atoms with Crippen molar-refractivity contribution in [3.05, 3.63) is 29.8 Å². The number of rotatable bonds is 7. The molecule has 0 heterocycles. The van der Waals surface area contributed by atoms with Crippen LogP contribution < -0.4 is 15.8 Å². The van der Waals surface area contributed by atoms with Gasteiger partial charge in [-0.2, -0.15) is 0 Å². The molecule has 1 unspecified atom stereocenters. The Morgan fingerprint density at radius 2 is 2.12 bits per heavy atom. The number of ether oxygens (including phenoxy) is 1. The first-order chi connectivity index (χ1) is 8.17. The highest BCUT2D eigenvalue weighted by Crippen LogP contribution is 2.19. The molecule has 0 aliphatic carbocycles. The molecular formula is C14H24N2O. The summed E-state index contributed by atoms with van der Waals surface area (Å²) in [5.74, 6) is 0.924. The van der Waals surface area contributed by atoms with Gasteiger partial charge in [0.05, 0.1) is 6.61 Å². The highest BCUT2D eigenvalue weighted by Gasteiger charge is 2.11. The summed E-state index contributed by atoms with van der Waals surface area (Å²) < 4.78 is 5.63. The summed E-state index contributed by atoms with van der Waals surface area (Å²) in [6.45, 7) is 7.71. The molecule has 0 aliphatic heterocycles. The Bertz CT molecular complexity index is 326. The first kappa shape index (κ1) is 14.0. The molecule has 0 radical (unpaired) electrons. The first-order valence-corrected chi connectivity index (χ1v) is 6.36.